The molecular formula is C16H26N2O. The van der Waals surface area contributed by atoms with E-state index in [1.165, 1.54) is 11.3 Å². The SMILES string of the molecule is Cc1cccc(N2CCN(CCCC(C)O)CC2)c1. The number of aliphatic hydroxyl groups is 1. The summed E-state index contributed by atoms with van der Waals surface area (Å²) in [7, 11) is 0. The van der Waals surface area contributed by atoms with Crippen LogP contribution in [0.2, 0.25) is 0 Å². The molecule has 1 unspecified atom stereocenters. The maximum Gasteiger partial charge on any atom is 0.0512 e. The van der Waals surface area contributed by atoms with Gasteiger partial charge >= 0.3 is 0 Å². The molecule has 0 saturated carbocycles. The second kappa shape index (κ2) is 6.92. The maximum atomic E-state index is 9.27. The topological polar surface area (TPSA) is 26.7 Å². The maximum absolute atomic E-state index is 9.27. The summed E-state index contributed by atoms with van der Waals surface area (Å²) in [5.74, 6) is 0. The van der Waals surface area contributed by atoms with Gasteiger partial charge in [-0.1, -0.05) is 12.1 Å². The van der Waals surface area contributed by atoms with Crippen LogP contribution in [0, 0.1) is 6.92 Å². The molecule has 0 spiro atoms. The van der Waals surface area contributed by atoms with Gasteiger partial charge in [0.1, 0.15) is 0 Å². The Bertz CT molecular complexity index is 384. The molecule has 0 amide bonds. The van der Waals surface area contributed by atoms with Gasteiger partial charge in [-0.2, -0.15) is 0 Å². The lowest BCUT2D eigenvalue weighted by Gasteiger charge is -2.36. The smallest absolute Gasteiger partial charge is 0.0512 e. The van der Waals surface area contributed by atoms with E-state index in [-0.39, 0.29) is 6.10 Å². The van der Waals surface area contributed by atoms with Gasteiger partial charge in [0.25, 0.3) is 0 Å². The lowest BCUT2D eigenvalue weighted by molar-refractivity contribution is 0.169. The van der Waals surface area contributed by atoms with Gasteiger partial charge in [0.05, 0.1) is 6.10 Å². The summed E-state index contributed by atoms with van der Waals surface area (Å²) in [6, 6.07) is 8.76. The zero-order valence-electron chi connectivity index (χ0n) is 12.2. The summed E-state index contributed by atoms with van der Waals surface area (Å²) in [6.45, 7) is 9.62. The monoisotopic (exact) mass is 262 g/mol. The minimum absolute atomic E-state index is 0.159. The molecule has 0 aliphatic carbocycles. The van der Waals surface area contributed by atoms with Gasteiger partial charge in [0, 0.05) is 31.9 Å². The summed E-state index contributed by atoms with van der Waals surface area (Å²) >= 11 is 0. The van der Waals surface area contributed by atoms with Crippen LogP contribution in [0.25, 0.3) is 0 Å². The molecule has 106 valence electrons. The highest BCUT2D eigenvalue weighted by Crippen LogP contribution is 2.17. The summed E-state index contributed by atoms with van der Waals surface area (Å²) in [5.41, 5.74) is 2.68. The molecule has 1 atom stereocenters. The fourth-order valence-electron chi connectivity index (χ4n) is 2.66. The molecule has 0 radical (unpaired) electrons. The standard InChI is InChI=1S/C16H26N2O/c1-14-5-3-7-16(13-14)18-11-9-17(10-12-18)8-4-6-15(2)19/h3,5,7,13,15,19H,4,6,8-12H2,1-2H3. The fraction of sp³-hybridized carbons (Fsp3) is 0.625. The van der Waals surface area contributed by atoms with Crippen molar-refractivity contribution in [2.24, 2.45) is 0 Å². The highest BCUT2D eigenvalue weighted by molar-refractivity contribution is 5.48. The summed E-state index contributed by atoms with van der Waals surface area (Å²) in [5, 5.41) is 9.27. The summed E-state index contributed by atoms with van der Waals surface area (Å²) in [6.07, 6.45) is 1.86. The first-order chi connectivity index (χ1) is 9.15. The van der Waals surface area contributed by atoms with Crippen LogP contribution in [-0.2, 0) is 0 Å². The molecule has 1 aliphatic heterocycles. The van der Waals surface area contributed by atoms with Crippen LogP contribution in [0.1, 0.15) is 25.3 Å². The van der Waals surface area contributed by atoms with Crippen LogP contribution in [0.15, 0.2) is 24.3 Å². The van der Waals surface area contributed by atoms with Gasteiger partial charge in [-0.15, -0.1) is 0 Å². The second-order valence-electron chi connectivity index (χ2n) is 5.66. The van der Waals surface area contributed by atoms with Gasteiger partial charge in [-0.25, -0.2) is 0 Å². The van der Waals surface area contributed by atoms with Gasteiger partial charge in [-0.3, -0.25) is 4.90 Å². The minimum Gasteiger partial charge on any atom is -0.393 e. The number of hydrogen-bond acceptors (Lipinski definition) is 3. The van der Waals surface area contributed by atoms with E-state index < -0.39 is 0 Å². The lowest BCUT2D eigenvalue weighted by atomic mass is 10.1. The Morgan fingerprint density at radius 3 is 2.58 bits per heavy atom. The van der Waals surface area contributed by atoms with Crippen molar-refractivity contribution < 1.29 is 5.11 Å². The number of aryl methyl sites for hydroxylation is 1. The number of aliphatic hydroxyl groups excluding tert-OH is 1. The Kier molecular flexibility index (Phi) is 5.23. The van der Waals surface area contributed by atoms with Gasteiger partial charge in [-0.05, 0) is 50.9 Å². The largest absolute Gasteiger partial charge is 0.393 e. The Morgan fingerprint density at radius 2 is 1.95 bits per heavy atom. The summed E-state index contributed by atoms with van der Waals surface area (Å²) < 4.78 is 0. The molecule has 0 aromatic heterocycles. The van der Waals surface area contributed by atoms with E-state index in [1.807, 2.05) is 6.92 Å². The molecule has 3 heteroatoms. The van der Waals surface area contributed by atoms with Crippen molar-refractivity contribution in [1.82, 2.24) is 4.90 Å². The van der Waals surface area contributed by atoms with E-state index in [0.29, 0.717) is 0 Å². The number of hydrogen-bond donors (Lipinski definition) is 1. The molecule has 1 aromatic carbocycles. The highest BCUT2D eigenvalue weighted by Gasteiger charge is 2.16. The minimum atomic E-state index is -0.159. The molecule has 2 rings (SSSR count). The Balaban J connectivity index is 1.76. The summed E-state index contributed by atoms with van der Waals surface area (Å²) in [4.78, 5) is 4.98. The molecule has 1 N–H and O–H groups in total. The van der Waals surface area contributed by atoms with E-state index in [2.05, 4.69) is 41.0 Å². The molecule has 1 heterocycles. The van der Waals surface area contributed by atoms with Gasteiger partial charge in [0.2, 0.25) is 0 Å². The fourth-order valence-corrected chi connectivity index (χ4v) is 2.66. The molecule has 1 fully saturated rings. The van der Waals surface area contributed by atoms with Crippen molar-refractivity contribution in [3.63, 3.8) is 0 Å². The predicted molar refractivity (Wildman–Crippen MR) is 80.7 cm³/mol. The Hall–Kier alpha value is -1.06. The molecule has 1 aliphatic rings. The van der Waals surface area contributed by atoms with Crippen molar-refractivity contribution >= 4 is 5.69 Å². The van der Waals surface area contributed by atoms with Crippen molar-refractivity contribution in [2.75, 3.05) is 37.6 Å². The molecular weight excluding hydrogens is 236 g/mol. The highest BCUT2D eigenvalue weighted by atomic mass is 16.3. The third-order valence-electron chi connectivity index (χ3n) is 3.84. The van der Waals surface area contributed by atoms with Gasteiger partial charge < -0.3 is 10.0 Å². The number of nitrogens with zero attached hydrogens (tertiary/aromatic N) is 2. The zero-order chi connectivity index (χ0) is 13.7. The quantitative estimate of drug-likeness (QED) is 0.882. The van der Waals surface area contributed by atoms with Crippen LogP contribution in [0.3, 0.4) is 0 Å². The van der Waals surface area contributed by atoms with Crippen molar-refractivity contribution in [1.29, 1.82) is 0 Å². The normalized spacial score (nSPS) is 18.6. The number of rotatable bonds is 5. The molecule has 19 heavy (non-hydrogen) atoms. The first-order valence-electron chi connectivity index (χ1n) is 7.37. The molecule has 3 nitrogen and oxygen atoms in total. The second-order valence-corrected chi connectivity index (χ2v) is 5.66. The van der Waals surface area contributed by atoms with Crippen LogP contribution < -0.4 is 4.90 Å². The number of anilines is 1. The van der Waals surface area contributed by atoms with E-state index in [4.69, 9.17) is 0 Å². The van der Waals surface area contributed by atoms with Crippen LogP contribution in [0.4, 0.5) is 5.69 Å². The van der Waals surface area contributed by atoms with E-state index in [1.54, 1.807) is 0 Å². The van der Waals surface area contributed by atoms with E-state index in [9.17, 15) is 5.11 Å². The lowest BCUT2D eigenvalue weighted by Crippen LogP contribution is -2.46. The Morgan fingerprint density at radius 1 is 1.21 bits per heavy atom. The molecule has 0 bridgehead atoms. The molecule has 1 saturated heterocycles. The van der Waals surface area contributed by atoms with Crippen molar-refractivity contribution in [2.45, 2.75) is 32.8 Å². The number of piperazine rings is 1. The Labute approximate surface area is 116 Å². The third kappa shape index (κ3) is 4.51. The van der Waals surface area contributed by atoms with Crippen molar-refractivity contribution in [3.8, 4) is 0 Å². The first-order valence-corrected chi connectivity index (χ1v) is 7.37. The van der Waals surface area contributed by atoms with Gasteiger partial charge in [0.15, 0.2) is 0 Å². The van der Waals surface area contributed by atoms with Crippen LogP contribution in [-0.4, -0.2) is 48.8 Å². The van der Waals surface area contributed by atoms with E-state index in [0.717, 1.165) is 45.6 Å². The first kappa shape index (κ1) is 14.4. The molecule has 1 aromatic rings. The van der Waals surface area contributed by atoms with E-state index >= 15 is 0 Å². The average molecular weight is 262 g/mol. The van der Waals surface area contributed by atoms with Crippen LogP contribution in [0.5, 0.6) is 0 Å². The average Bonchev–Trinajstić information content (AvgIpc) is 2.39. The zero-order valence-corrected chi connectivity index (χ0v) is 12.2. The number of benzene rings is 1. The van der Waals surface area contributed by atoms with Crippen LogP contribution >= 0.6 is 0 Å². The van der Waals surface area contributed by atoms with Crippen molar-refractivity contribution in [3.05, 3.63) is 29.8 Å². The predicted octanol–water partition coefficient (Wildman–Crippen LogP) is 2.28. The third-order valence-corrected chi connectivity index (χ3v) is 3.84.